The molecule has 2 aliphatic rings. The van der Waals surface area contributed by atoms with Crippen molar-refractivity contribution < 1.29 is 18.7 Å². The fraction of sp³-hybridized carbons (Fsp3) is 0.435. The summed E-state index contributed by atoms with van der Waals surface area (Å²) in [5.74, 6) is -0.698. The van der Waals surface area contributed by atoms with E-state index < -0.39 is 16.8 Å². The van der Waals surface area contributed by atoms with Crippen LogP contribution >= 0.6 is 0 Å². The van der Waals surface area contributed by atoms with Crippen LogP contribution in [0.2, 0.25) is 0 Å². The van der Waals surface area contributed by atoms with Gasteiger partial charge in [0.25, 0.3) is 11.5 Å². The Labute approximate surface area is 180 Å². The van der Waals surface area contributed by atoms with Gasteiger partial charge in [0.1, 0.15) is 11.4 Å². The van der Waals surface area contributed by atoms with Gasteiger partial charge in [-0.25, -0.2) is 4.39 Å². The average Bonchev–Trinajstić information content (AvgIpc) is 3.32. The van der Waals surface area contributed by atoms with E-state index in [0.29, 0.717) is 56.9 Å². The fourth-order valence-corrected chi connectivity index (χ4v) is 4.58. The summed E-state index contributed by atoms with van der Waals surface area (Å²) in [5.41, 5.74) is 0.136. The molecule has 1 aromatic carbocycles. The topological polar surface area (TPSA) is 71.8 Å². The number of aryl methyl sites for hydroxylation is 1. The van der Waals surface area contributed by atoms with E-state index >= 15 is 0 Å². The van der Waals surface area contributed by atoms with Gasteiger partial charge in [-0.2, -0.15) is 0 Å². The van der Waals surface area contributed by atoms with Crippen molar-refractivity contribution in [2.75, 3.05) is 39.9 Å². The van der Waals surface area contributed by atoms with Gasteiger partial charge in [-0.1, -0.05) is 0 Å². The van der Waals surface area contributed by atoms with Crippen LogP contribution in [0.5, 0.6) is 0 Å². The maximum absolute atomic E-state index is 13.3. The van der Waals surface area contributed by atoms with E-state index in [1.165, 1.54) is 28.8 Å². The van der Waals surface area contributed by atoms with Gasteiger partial charge in [-0.3, -0.25) is 19.0 Å². The highest BCUT2D eigenvalue weighted by atomic mass is 19.1. The van der Waals surface area contributed by atoms with Crippen LogP contribution in [-0.2, 0) is 9.53 Å². The van der Waals surface area contributed by atoms with E-state index in [9.17, 15) is 18.8 Å². The van der Waals surface area contributed by atoms with Crippen molar-refractivity contribution in [2.45, 2.75) is 19.8 Å². The Morgan fingerprint density at radius 3 is 2.55 bits per heavy atom. The summed E-state index contributed by atoms with van der Waals surface area (Å²) in [7, 11) is 1.60. The van der Waals surface area contributed by atoms with Crippen molar-refractivity contribution in [1.29, 1.82) is 0 Å². The first-order valence-corrected chi connectivity index (χ1v) is 10.4. The maximum atomic E-state index is 13.3. The zero-order chi connectivity index (χ0) is 22.2. The minimum absolute atomic E-state index is 0.0633. The number of rotatable bonds is 5. The lowest BCUT2D eigenvalue weighted by Gasteiger charge is -2.24. The van der Waals surface area contributed by atoms with Crippen LogP contribution in [0, 0.1) is 18.2 Å². The second-order valence-corrected chi connectivity index (χ2v) is 8.32. The van der Waals surface area contributed by atoms with Gasteiger partial charge < -0.3 is 14.5 Å². The summed E-state index contributed by atoms with van der Waals surface area (Å²) in [6, 6.07) is 7.24. The molecule has 31 heavy (non-hydrogen) atoms. The minimum Gasteiger partial charge on any atom is -0.383 e. The Bertz CT molecular complexity index is 1070. The number of pyridine rings is 1. The highest BCUT2D eigenvalue weighted by Crippen LogP contribution is 2.41. The van der Waals surface area contributed by atoms with Crippen LogP contribution in [-0.4, -0.2) is 66.1 Å². The molecule has 3 heterocycles. The predicted molar refractivity (Wildman–Crippen MR) is 113 cm³/mol. The molecule has 2 amide bonds. The van der Waals surface area contributed by atoms with Crippen LogP contribution in [0.25, 0.3) is 5.69 Å². The van der Waals surface area contributed by atoms with Gasteiger partial charge in [0.05, 0.1) is 12.0 Å². The Morgan fingerprint density at radius 1 is 1.13 bits per heavy atom. The molecule has 2 aliphatic heterocycles. The summed E-state index contributed by atoms with van der Waals surface area (Å²) in [4.78, 5) is 42.9. The molecule has 2 fully saturated rings. The predicted octanol–water partition coefficient (Wildman–Crippen LogP) is 2.00. The summed E-state index contributed by atoms with van der Waals surface area (Å²) in [6.07, 6.45) is 2.88. The number of carbonyl (C=O) groups excluding carboxylic acids is 2. The zero-order valence-corrected chi connectivity index (χ0v) is 17.8. The van der Waals surface area contributed by atoms with Crippen molar-refractivity contribution in [3.63, 3.8) is 0 Å². The minimum atomic E-state index is -0.567. The molecule has 164 valence electrons. The normalized spacial score (nSPS) is 20.8. The first kappa shape index (κ1) is 21.2. The summed E-state index contributed by atoms with van der Waals surface area (Å²) in [5, 5.41) is 0. The number of aromatic nitrogens is 1. The molecule has 2 aromatic rings. The lowest BCUT2D eigenvalue weighted by atomic mass is 9.85. The molecule has 0 bridgehead atoms. The van der Waals surface area contributed by atoms with Crippen molar-refractivity contribution >= 4 is 11.8 Å². The lowest BCUT2D eigenvalue weighted by Crippen LogP contribution is -2.40. The number of halogens is 1. The van der Waals surface area contributed by atoms with E-state index in [-0.39, 0.29) is 17.4 Å². The third kappa shape index (κ3) is 3.76. The van der Waals surface area contributed by atoms with Crippen LogP contribution in [0.1, 0.15) is 28.8 Å². The quantitative estimate of drug-likeness (QED) is 0.732. The summed E-state index contributed by atoms with van der Waals surface area (Å²) in [6.45, 7) is 4.17. The Balaban J connectivity index is 1.58. The number of benzene rings is 1. The SMILES string of the molecule is COCCN1CCC2(CCN(C(=O)c3c(C)ccn(-c4ccc(F)cc4)c3=O)C2)C1=O. The summed E-state index contributed by atoms with van der Waals surface area (Å²) >= 11 is 0. The number of hydrogen-bond acceptors (Lipinski definition) is 4. The van der Waals surface area contributed by atoms with E-state index in [1.54, 1.807) is 36.1 Å². The number of carbonyl (C=O) groups is 2. The highest BCUT2D eigenvalue weighted by molar-refractivity contribution is 5.96. The maximum Gasteiger partial charge on any atom is 0.268 e. The number of ether oxygens (including phenoxy) is 1. The number of amides is 2. The van der Waals surface area contributed by atoms with Crippen molar-refractivity contribution in [3.8, 4) is 5.69 Å². The average molecular weight is 427 g/mol. The monoisotopic (exact) mass is 427 g/mol. The van der Waals surface area contributed by atoms with E-state index in [1.807, 2.05) is 0 Å². The second-order valence-electron chi connectivity index (χ2n) is 8.32. The molecule has 8 heteroatoms. The molecule has 0 aliphatic carbocycles. The molecule has 4 rings (SSSR count). The highest BCUT2D eigenvalue weighted by Gasteiger charge is 2.51. The van der Waals surface area contributed by atoms with Crippen LogP contribution < -0.4 is 5.56 Å². The van der Waals surface area contributed by atoms with Crippen molar-refractivity contribution in [1.82, 2.24) is 14.4 Å². The number of methoxy groups -OCH3 is 1. The zero-order valence-electron chi connectivity index (χ0n) is 17.8. The fourth-order valence-electron chi connectivity index (χ4n) is 4.58. The molecule has 0 saturated carbocycles. The first-order valence-electron chi connectivity index (χ1n) is 10.4. The van der Waals surface area contributed by atoms with Gasteiger partial charge in [-0.15, -0.1) is 0 Å². The lowest BCUT2D eigenvalue weighted by molar-refractivity contribution is -0.135. The van der Waals surface area contributed by atoms with Gasteiger partial charge >= 0.3 is 0 Å². The second kappa shape index (κ2) is 8.26. The Hall–Kier alpha value is -3.00. The van der Waals surface area contributed by atoms with Gasteiger partial charge in [0.15, 0.2) is 0 Å². The van der Waals surface area contributed by atoms with Crippen molar-refractivity contribution in [3.05, 3.63) is 63.8 Å². The Morgan fingerprint density at radius 2 is 1.84 bits per heavy atom. The van der Waals surface area contributed by atoms with E-state index in [0.717, 1.165) is 0 Å². The smallest absolute Gasteiger partial charge is 0.268 e. The van der Waals surface area contributed by atoms with E-state index in [2.05, 4.69) is 0 Å². The molecular weight excluding hydrogens is 401 g/mol. The third-order valence-electron chi connectivity index (χ3n) is 6.43. The van der Waals surface area contributed by atoms with Crippen LogP contribution in [0.3, 0.4) is 0 Å². The first-order chi connectivity index (χ1) is 14.9. The van der Waals surface area contributed by atoms with Crippen molar-refractivity contribution in [2.24, 2.45) is 5.41 Å². The molecule has 1 unspecified atom stereocenters. The number of likely N-dealkylation sites (tertiary alicyclic amines) is 2. The molecule has 0 radical (unpaired) electrons. The molecule has 0 N–H and O–H groups in total. The van der Waals surface area contributed by atoms with Crippen LogP contribution in [0.15, 0.2) is 41.3 Å². The van der Waals surface area contributed by atoms with Gasteiger partial charge in [0, 0.05) is 45.2 Å². The molecule has 1 spiro atoms. The van der Waals surface area contributed by atoms with Gasteiger partial charge in [-0.05, 0) is 55.7 Å². The Kier molecular flexibility index (Phi) is 5.66. The van der Waals surface area contributed by atoms with Crippen LogP contribution in [0.4, 0.5) is 4.39 Å². The number of hydrogen-bond donors (Lipinski definition) is 0. The largest absolute Gasteiger partial charge is 0.383 e. The van der Waals surface area contributed by atoms with E-state index in [4.69, 9.17) is 4.74 Å². The third-order valence-corrected chi connectivity index (χ3v) is 6.43. The number of nitrogens with zero attached hydrogens (tertiary/aromatic N) is 3. The molecule has 2 saturated heterocycles. The molecule has 1 atom stereocenters. The molecule has 7 nitrogen and oxygen atoms in total. The molecular formula is C23H26FN3O4. The summed E-state index contributed by atoms with van der Waals surface area (Å²) < 4.78 is 19.7. The standard InChI is InChI=1S/C23H26FN3O4/c1-16-7-10-27(18-5-3-17(24)4-6-18)21(29)19(16)20(28)26-12-9-23(15-26)8-11-25(22(23)30)13-14-31-2/h3-7,10H,8-9,11-15H2,1-2H3. The molecule has 1 aromatic heterocycles. The van der Waals surface area contributed by atoms with Gasteiger partial charge in [0.2, 0.25) is 5.91 Å².